The van der Waals surface area contributed by atoms with E-state index in [0.717, 1.165) is 36.1 Å². The van der Waals surface area contributed by atoms with Gasteiger partial charge in [-0.1, -0.05) is 19.9 Å². The van der Waals surface area contributed by atoms with Crippen LogP contribution in [0.1, 0.15) is 25.0 Å². The molecule has 0 unspecified atom stereocenters. The number of likely N-dealkylation sites (N-methyl/N-ethyl adjacent to an activating group) is 1. The molecule has 0 saturated heterocycles. The first-order valence-corrected chi connectivity index (χ1v) is 7.18. The number of quaternary nitrogens is 1. The lowest BCUT2D eigenvalue weighted by Gasteiger charge is -2.27. The van der Waals surface area contributed by atoms with Crippen LogP contribution < -0.4 is 5.32 Å². The molecule has 20 heavy (non-hydrogen) atoms. The van der Waals surface area contributed by atoms with Crippen LogP contribution in [0.3, 0.4) is 0 Å². The van der Waals surface area contributed by atoms with Crippen LogP contribution >= 0.6 is 0 Å². The highest BCUT2D eigenvalue weighted by Crippen LogP contribution is 2.23. The summed E-state index contributed by atoms with van der Waals surface area (Å²) in [6, 6.07) is 6.14. The van der Waals surface area contributed by atoms with Crippen LogP contribution in [0.25, 0.3) is 5.73 Å². The van der Waals surface area contributed by atoms with E-state index < -0.39 is 5.54 Å². The molecule has 1 aliphatic rings. The second kappa shape index (κ2) is 5.19. The van der Waals surface area contributed by atoms with E-state index in [9.17, 15) is 4.79 Å². The Hall–Kier alpha value is -1.39. The first-order chi connectivity index (χ1) is 9.17. The SMILES string of the molecule is CC(C)([NH-])C(=O)Nc1ccc2c(c1)CC[N+](C)(C)CC2. The van der Waals surface area contributed by atoms with Crippen molar-refractivity contribution >= 4 is 11.6 Å². The molecule has 0 aromatic heterocycles. The molecule has 2 rings (SSSR count). The molecule has 1 heterocycles. The van der Waals surface area contributed by atoms with Gasteiger partial charge < -0.3 is 15.5 Å². The molecule has 0 radical (unpaired) electrons. The van der Waals surface area contributed by atoms with Crippen LogP contribution in [-0.2, 0) is 17.6 Å². The quantitative estimate of drug-likeness (QED) is 0.829. The first kappa shape index (κ1) is 15.0. The third-order valence-corrected chi connectivity index (χ3v) is 4.00. The maximum Gasteiger partial charge on any atom is 0.209 e. The number of nitrogens with zero attached hydrogens (tertiary/aromatic N) is 1. The molecule has 0 bridgehead atoms. The molecule has 4 nitrogen and oxygen atoms in total. The van der Waals surface area contributed by atoms with E-state index in [4.69, 9.17) is 5.73 Å². The number of carbonyl (C=O) groups is 1. The minimum absolute atomic E-state index is 0.262. The summed E-state index contributed by atoms with van der Waals surface area (Å²) in [5, 5.41) is 2.84. The number of amides is 1. The Balaban J connectivity index is 2.17. The van der Waals surface area contributed by atoms with E-state index in [1.165, 1.54) is 11.1 Å². The third kappa shape index (κ3) is 3.58. The fourth-order valence-corrected chi connectivity index (χ4v) is 2.43. The van der Waals surface area contributed by atoms with Gasteiger partial charge in [0, 0.05) is 18.5 Å². The van der Waals surface area contributed by atoms with Crippen LogP contribution in [0.15, 0.2) is 18.2 Å². The van der Waals surface area contributed by atoms with E-state index in [-0.39, 0.29) is 5.91 Å². The average molecular weight is 275 g/mol. The first-order valence-electron chi connectivity index (χ1n) is 7.18. The van der Waals surface area contributed by atoms with Crippen LogP contribution in [0.4, 0.5) is 5.69 Å². The lowest BCUT2D eigenvalue weighted by atomic mass is 10.0. The molecule has 0 saturated carbocycles. The number of hydrogen-bond acceptors (Lipinski definition) is 1. The number of hydrogen-bond donors (Lipinski definition) is 1. The summed E-state index contributed by atoms with van der Waals surface area (Å²) in [6.45, 7) is 5.48. The molecule has 0 fully saturated rings. The molecular weight excluding hydrogens is 250 g/mol. The monoisotopic (exact) mass is 275 g/mol. The van der Waals surface area contributed by atoms with Gasteiger partial charge in [-0.2, -0.15) is 0 Å². The minimum Gasteiger partial charge on any atom is -0.664 e. The summed E-state index contributed by atoms with van der Waals surface area (Å²) in [5.41, 5.74) is 10.2. The van der Waals surface area contributed by atoms with Gasteiger partial charge in [0.2, 0.25) is 5.91 Å². The van der Waals surface area contributed by atoms with Gasteiger partial charge in [0.25, 0.3) is 0 Å². The van der Waals surface area contributed by atoms with Gasteiger partial charge in [0.15, 0.2) is 0 Å². The van der Waals surface area contributed by atoms with Crippen molar-refractivity contribution in [2.24, 2.45) is 0 Å². The number of fused-ring (bicyclic) bond motifs is 1. The molecule has 4 heteroatoms. The average Bonchev–Trinajstić information content (AvgIpc) is 2.48. The Labute approximate surface area is 121 Å². The summed E-state index contributed by atoms with van der Waals surface area (Å²) in [4.78, 5) is 11.9. The van der Waals surface area contributed by atoms with Gasteiger partial charge >= 0.3 is 0 Å². The summed E-state index contributed by atoms with van der Waals surface area (Å²) < 4.78 is 1.04. The van der Waals surface area contributed by atoms with Crippen molar-refractivity contribution in [3.8, 4) is 0 Å². The van der Waals surface area contributed by atoms with Crippen LogP contribution in [0, 0.1) is 0 Å². The summed E-state index contributed by atoms with van der Waals surface area (Å²) >= 11 is 0. The van der Waals surface area contributed by atoms with Crippen LogP contribution in [0.2, 0.25) is 0 Å². The maximum absolute atomic E-state index is 11.9. The van der Waals surface area contributed by atoms with Gasteiger partial charge in [-0.25, -0.2) is 0 Å². The molecule has 0 spiro atoms. The van der Waals surface area contributed by atoms with E-state index in [1.807, 2.05) is 6.07 Å². The summed E-state index contributed by atoms with van der Waals surface area (Å²) in [6.07, 6.45) is 2.12. The van der Waals surface area contributed by atoms with Crippen molar-refractivity contribution in [3.63, 3.8) is 0 Å². The smallest absolute Gasteiger partial charge is 0.209 e. The largest absolute Gasteiger partial charge is 0.664 e. The van der Waals surface area contributed by atoms with Gasteiger partial charge in [-0.15, -0.1) is 0 Å². The second-order valence-corrected chi connectivity index (χ2v) is 6.95. The topological polar surface area (TPSA) is 52.9 Å². The Morgan fingerprint density at radius 1 is 1.20 bits per heavy atom. The number of benzene rings is 1. The van der Waals surface area contributed by atoms with Gasteiger partial charge in [0.1, 0.15) is 0 Å². The summed E-state index contributed by atoms with van der Waals surface area (Å²) in [7, 11) is 4.52. The standard InChI is InChI=1S/C16H25N3O/c1-16(2,17)15(20)18-14-6-5-12-7-9-19(3,4)10-8-13(12)11-14/h5-6,11,17H,7-10H2,1-4H3,(H,18,20). The van der Waals surface area contributed by atoms with Crippen LogP contribution in [0.5, 0.6) is 0 Å². The lowest BCUT2D eigenvalue weighted by Crippen LogP contribution is -2.41. The van der Waals surface area contributed by atoms with Crippen molar-refractivity contribution in [2.75, 3.05) is 32.5 Å². The Bertz CT molecular complexity index is 515. The molecule has 2 N–H and O–H groups in total. The fraction of sp³-hybridized carbons (Fsp3) is 0.562. The van der Waals surface area contributed by atoms with Gasteiger partial charge in [-0.05, 0) is 28.8 Å². The van der Waals surface area contributed by atoms with Crippen molar-refractivity contribution in [1.29, 1.82) is 0 Å². The highest BCUT2D eigenvalue weighted by atomic mass is 16.2. The molecule has 1 aliphatic heterocycles. The second-order valence-electron chi connectivity index (χ2n) is 6.95. The zero-order valence-corrected chi connectivity index (χ0v) is 12.9. The molecule has 1 aromatic carbocycles. The predicted molar refractivity (Wildman–Crippen MR) is 82.7 cm³/mol. The van der Waals surface area contributed by atoms with E-state index in [0.29, 0.717) is 0 Å². The fourth-order valence-electron chi connectivity index (χ4n) is 2.43. The summed E-state index contributed by atoms with van der Waals surface area (Å²) in [5.74, 6) is -0.262. The van der Waals surface area contributed by atoms with Crippen molar-refractivity contribution in [1.82, 2.24) is 0 Å². The Kier molecular flexibility index (Phi) is 3.89. The number of carbonyl (C=O) groups excluding carboxylic acids is 1. The van der Waals surface area contributed by atoms with Crippen molar-refractivity contribution in [2.45, 2.75) is 32.2 Å². The van der Waals surface area contributed by atoms with E-state index in [1.54, 1.807) is 13.8 Å². The number of rotatable bonds is 2. The number of nitrogens with one attached hydrogen (secondary N) is 2. The maximum atomic E-state index is 11.9. The molecule has 0 aliphatic carbocycles. The minimum atomic E-state index is -1.11. The lowest BCUT2D eigenvalue weighted by molar-refractivity contribution is -0.889. The third-order valence-electron chi connectivity index (χ3n) is 4.00. The van der Waals surface area contributed by atoms with Crippen molar-refractivity contribution in [3.05, 3.63) is 35.1 Å². The highest BCUT2D eigenvalue weighted by molar-refractivity contribution is 5.98. The molecule has 1 aromatic rings. The predicted octanol–water partition coefficient (Wildman–Crippen LogP) is 2.63. The number of anilines is 1. The zero-order chi connectivity index (χ0) is 15.0. The molecule has 1 amide bonds. The van der Waals surface area contributed by atoms with Gasteiger partial charge in [-0.3, -0.25) is 4.79 Å². The molecule has 0 atom stereocenters. The highest BCUT2D eigenvalue weighted by Gasteiger charge is 2.21. The van der Waals surface area contributed by atoms with Crippen molar-refractivity contribution < 1.29 is 9.28 Å². The molecular formula is C16H25N3O. The normalized spacial score (nSPS) is 18.1. The van der Waals surface area contributed by atoms with E-state index in [2.05, 4.69) is 31.5 Å². The molecule has 110 valence electrons. The Morgan fingerprint density at radius 2 is 1.80 bits per heavy atom. The van der Waals surface area contributed by atoms with Gasteiger partial charge in [0.05, 0.1) is 27.2 Å². The van der Waals surface area contributed by atoms with Crippen LogP contribution in [-0.4, -0.2) is 43.1 Å². The zero-order valence-electron chi connectivity index (χ0n) is 12.9. The van der Waals surface area contributed by atoms with E-state index >= 15 is 0 Å². The Morgan fingerprint density at radius 3 is 2.40 bits per heavy atom.